The zero-order chi connectivity index (χ0) is 11.1. The van der Waals surface area contributed by atoms with Crippen molar-refractivity contribution in [1.29, 1.82) is 0 Å². The number of anilines is 1. The van der Waals surface area contributed by atoms with E-state index in [0.717, 1.165) is 17.0 Å². The maximum Gasteiger partial charge on any atom is 0.233 e. The van der Waals surface area contributed by atoms with Crippen LogP contribution in [0.1, 0.15) is 19.4 Å². The van der Waals surface area contributed by atoms with Crippen molar-refractivity contribution in [2.24, 2.45) is 5.41 Å². The Bertz CT molecular complexity index is 410. The van der Waals surface area contributed by atoms with Crippen LogP contribution in [0, 0.1) is 12.3 Å². The molecule has 3 nitrogen and oxygen atoms in total. The summed E-state index contributed by atoms with van der Waals surface area (Å²) in [5.74, 6) is 0.795. The van der Waals surface area contributed by atoms with Gasteiger partial charge >= 0.3 is 0 Å². The lowest BCUT2D eigenvalue weighted by Gasteiger charge is -2.18. The summed E-state index contributed by atoms with van der Waals surface area (Å²) >= 11 is 0. The van der Waals surface area contributed by atoms with E-state index in [2.05, 4.69) is 5.32 Å². The predicted octanol–water partition coefficient (Wildman–Crippen LogP) is 2.35. The van der Waals surface area contributed by atoms with Crippen LogP contribution in [0.5, 0.6) is 5.75 Å². The van der Waals surface area contributed by atoms with Gasteiger partial charge in [0.05, 0.1) is 11.1 Å². The Morgan fingerprint density at radius 2 is 2.13 bits per heavy atom. The monoisotopic (exact) mass is 205 g/mol. The first-order valence-electron chi connectivity index (χ1n) is 5.04. The maximum atomic E-state index is 11.8. The van der Waals surface area contributed by atoms with Gasteiger partial charge in [0, 0.05) is 0 Å². The van der Waals surface area contributed by atoms with Gasteiger partial charge in [-0.05, 0) is 32.4 Å². The molecule has 1 amide bonds. The van der Waals surface area contributed by atoms with Crippen LogP contribution in [0.15, 0.2) is 18.2 Å². The molecule has 0 bridgehead atoms. The lowest BCUT2D eigenvalue weighted by molar-refractivity contribution is -0.124. The number of ether oxygens (including phenoxy) is 1. The number of fused-ring (bicyclic) bond motifs is 1. The second-order valence-corrected chi connectivity index (χ2v) is 4.58. The van der Waals surface area contributed by atoms with Crippen molar-refractivity contribution in [2.75, 3.05) is 11.9 Å². The SMILES string of the molecule is Cc1cccc2c1OCC(C)(C)C(=O)N2. The highest BCUT2D eigenvalue weighted by Crippen LogP contribution is 2.34. The number of nitrogens with one attached hydrogen (secondary N) is 1. The van der Waals surface area contributed by atoms with E-state index in [1.165, 1.54) is 0 Å². The van der Waals surface area contributed by atoms with Crippen molar-refractivity contribution in [1.82, 2.24) is 0 Å². The quantitative estimate of drug-likeness (QED) is 0.706. The molecule has 0 saturated carbocycles. The summed E-state index contributed by atoms with van der Waals surface area (Å²) in [4.78, 5) is 11.8. The standard InChI is InChI=1S/C12H15NO2/c1-8-5-4-6-9-10(8)15-7-12(2,3)11(14)13-9/h4-6H,7H2,1-3H3,(H,13,14). The summed E-state index contributed by atoms with van der Waals surface area (Å²) in [6.45, 7) is 6.15. The Hall–Kier alpha value is -1.51. The number of aryl methyl sites for hydroxylation is 1. The van der Waals surface area contributed by atoms with Crippen LogP contribution in [0.4, 0.5) is 5.69 Å². The van der Waals surface area contributed by atoms with Gasteiger partial charge < -0.3 is 10.1 Å². The van der Waals surface area contributed by atoms with Crippen LogP contribution >= 0.6 is 0 Å². The molecule has 1 aliphatic rings. The van der Waals surface area contributed by atoms with Crippen molar-refractivity contribution in [3.63, 3.8) is 0 Å². The van der Waals surface area contributed by atoms with E-state index < -0.39 is 5.41 Å². The fraction of sp³-hybridized carbons (Fsp3) is 0.417. The first-order chi connectivity index (χ1) is 7.00. The number of carbonyl (C=O) groups is 1. The summed E-state index contributed by atoms with van der Waals surface area (Å²) < 4.78 is 5.68. The minimum atomic E-state index is -0.481. The van der Waals surface area contributed by atoms with Gasteiger partial charge in [-0.15, -0.1) is 0 Å². The molecular formula is C12H15NO2. The molecule has 0 aliphatic carbocycles. The third-order valence-electron chi connectivity index (χ3n) is 2.65. The molecule has 0 spiro atoms. The van der Waals surface area contributed by atoms with Gasteiger partial charge in [-0.2, -0.15) is 0 Å². The Balaban J connectivity index is 2.44. The Labute approximate surface area is 89.4 Å². The minimum absolute atomic E-state index is 0.00634. The van der Waals surface area contributed by atoms with Crippen LogP contribution in [-0.4, -0.2) is 12.5 Å². The van der Waals surface area contributed by atoms with Crippen LogP contribution in [0.2, 0.25) is 0 Å². The molecule has 1 aromatic rings. The second-order valence-electron chi connectivity index (χ2n) is 4.58. The van der Waals surface area contributed by atoms with Crippen molar-refractivity contribution >= 4 is 11.6 Å². The molecule has 0 aromatic heterocycles. The molecule has 15 heavy (non-hydrogen) atoms. The third kappa shape index (κ3) is 1.69. The molecule has 3 heteroatoms. The molecule has 0 saturated heterocycles. The number of hydrogen-bond acceptors (Lipinski definition) is 2. The molecule has 80 valence electrons. The largest absolute Gasteiger partial charge is 0.490 e. The van der Waals surface area contributed by atoms with Gasteiger partial charge in [0.25, 0.3) is 0 Å². The van der Waals surface area contributed by atoms with Crippen molar-refractivity contribution < 1.29 is 9.53 Å². The fourth-order valence-corrected chi connectivity index (χ4v) is 1.55. The molecule has 1 aromatic carbocycles. The highest BCUT2D eigenvalue weighted by Gasteiger charge is 2.32. The van der Waals surface area contributed by atoms with Crippen LogP contribution in [-0.2, 0) is 4.79 Å². The van der Waals surface area contributed by atoms with E-state index in [0.29, 0.717) is 6.61 Å². The first kappa shape index (κ1) is 10.0. The van der Waals surface area contributed by atoms with Crippen molar-refractivity contribution in [3.05, 3.63) is 23.8 Å². The van der Waals surface area contributed by atoms with Gasteiger partial charge in [0.2, 0.25) is 5.91 Å². The van der Waals surface area contributed by atoms with E-state index >= 15 is 0 Å². The zero-order valence-electron chi connectivity index (χ0n) is 9.26. The van der Waals surface area contributed by atoms with Crippen LogP contribution in [0.25, 0.3) is 0 Å². The molecule has 1 heterocycles. The molecular weight excluding hydrogens is 190 g/mol. The summed E-state index contributed by atoms with van der Waals surface area (Å²) in [7, 11) is 0. The highest BCUT2D eigenvalue weighted by atomic mass is 16.5. The number of amides is 1. The highest BCUT2D eigenvalue weighted by molar-refractivity contribution is 5.97. The zero-order valence-corrected chi connectivity index (χ0v) is 9.26. The average Bonchev–Trinajstić information content (AvgIpc) is 2.26. The lowest BCUT2D eigenvalue weighted by atomic mass is 9.94. The number of para-hydroxylation sites is 1. The van der Waals surface area contributed by atoms with Gasteiger partial charge in [0.1, 0.15) is 12.4 Å². The number of carbonyl (C=O) groups excluding carboxylic acids is 1. The Morgan fingerprint density at radius 3 is 2.87 bits per heavy atom. The van der Waals surface area contributed by atoms with Gasteiger partial charge in [-0.1, -0.05) is 12.1 Å². The molecule has 0 unspecified atom stereocenters. The lowest BCUT2D eigenvalue weighted by Crippen LogP contribution is -2.33. The van der Waals surface area contributed by atoms with Crippen LogP contribution in [0.3, 0.4) is 0 Å². The number of hydrogen-bond donors (Lipinski definition) is 1. The van der Waals surface area contributed by atoms with E-state index in [9.17, 15) is 4.79 Å². The normalized spacial score (nSPS) is 18.5. The minimum Gasteiger partial charge on any atom is -0.490 e. The number of rotatable bonds is 0. The second kappa shape index (κ2) is 3.26. The van der Waals surface area contributed by atoms with E-state index in [1.807, 2.05) is 39.0 Å². The summed E-state index contributed by atoms with van der Waals surface area (Å²) in [6.07, 6.45) is 0. The predicted molar refractivity (Wildman–Crippen MR) is 59.1 cm³/mol. The molecule has 1 N–H and O–H groups in total. The van der Waals surface area contributed by atoms with Gasteiger partial charge in [-0.3, -0.25) is 4.79 Å². The first-order valence-corrected chi connectivity index (χ1v) is 5.04. The Kier molecular flexibility index (Phi) is 2.18. The topological polar surface area (TPSA) is 38.3 Å². The van der Waals surface area contributed by atoms with Crippen molar-refractivity contribution in [3.8, 4) is 5.75 Å². The van der Waals surface area contributed by atoms with E-state index in [-0.39, 0.29) is 5.91 Å². The fourth-order valence-electron chi connectivity index (χ4n) is 1.55. The van der Waals surface area contributed by atoms with Crippen LogP contribution < -0.4 is 10.1 Å². The molecule has 2 rings (SSSR count). The van der Waals surface area contributed by atoms with E-state index in [4.69, 9.17) is 4.74 Å². The smallest absolute Gasteiger partial charge is 0.233 e. The Morgan fingerprint density at radius 1 is 1.40 bits per heavy atom. The molecule has 0 fully saturated rings. The average molecular weight is 205 g/mol. The summed E-state index contributed by atoms with van der Waals surface area (Å²) in [5, 5.41) is 2.89. The molecule has 1 aliphatic heterocycles. The van der Waals surface area contributed by atoms with Crippen molar-refractivity contribution in [2.45, 2.75) is 20.8 Å². The maximum absolute atomic E-state index is 11.8. The number of benzene rings is 1. The molecule has 0 atom stereocenters. The van der Waals surface area contributed by atoms with Gasteiger partial charge in [0.15, 0.2) is 0 Å². The van der Waals surface area contributed by atoms with Gasteiger partial charge in [-0.25, -0.2) is 0 Å². The summed E-state index contributed by atoms with van der Waals surface area (Å²) in [5.41, 5.74) is 1.34. The third-order valence-corrected chi connectivity index (χ3v) is 2.65. The van der Waals surface area contributed by atoms with E-state index in [1.54, 1.807) is 0 Å². The summed E-state index contributed by atoms with van der Waals surface area (Å²) in [6, 6.07) is 5.75. The molecule has 0 radical (unpaired) electrons.